The Kier molecular flexibility index (Phi) is 3.85. The largest absolute Gasteiger partial charge is 0.379 e. The molecule has 3 rings (SSSR count). The zero-order valence-electron chi connectivity index (χ0n) is 12.1. The number of nitrogens with zero attached hydrogens (tertiary/aromatic N) is 3. The second-order valence-corrected chi connectivity index (χ2v) is 4.96. The Morgan fingerprint density at radius 1 is 1.22 bits per heavy atom. The van der Waals surface area contributed by atoms with Crippen LogP contribution in [0.4, 0.5) is 11.4 Å². The lowest BCUT2D eigenvalue weighted by Crippen LogP contribution is -2.03. The van der Waals surface area contributed by atoms with Crippen LogP contribution in [0.15, 0.2) is 54.7 Å². The van der Waals surface area contributed by atoms with Crippen LogP contribution in [0.2, 0.25) is 0 Å². The first-order chi connectivity index (χ1) is 11.2. The van der Waals surface area contributed by atoms with Gasteiger partial charge in [0.1, 0.15) is 6.07 Å². The summed E-state index contributed by atoms with van der Waals surface area (Å²) in [5.74, 6) is 0. The molecule has 0 atom stereocenters. The zero-order chi connectivity index (χ0) is 16.2. The predicted molar refractivity (Wildman–Crippen MR) is 86.9 cm³/mol. The van der Waals surface area contributed by atoms with Gasteiger partial charge in [-0.15, -0.1) is 0 Å². The van der Waals surface area contributed by atoms with Crippen molar-refractivity contribution in [2.75, 3.05) is 5.32 Å². The lowest BCUT2D eigenvalue weighted by atomic mass is 10.1. The average Bonchev–Trinajstić information content (AvgIpc) is 2.59. The van der Waals surface area contributed by atoms with Crippen LogP contribution in [0.5, 0.6) is 0 Å². The van der Waals surface area contributed by atoms with Crippen LogP contribution in [-0.4, -0.2) is 9.91 Å². The lowest BCUT2D eigenvalue weighted by Gasteiger charge is -2.11. The third kappa shape index (κ3) is 2.94. The van der Waals surface area contributed by atoms with Gasteiger partial charge in [-0.25, -0.2) is 0 Å². The van der Waals surface area contributed by atoms with Gasteiger partial charge in [0.25, 0.3) is 5.69 Å². The van der Waals surface area contributed by atoms with Gasteiger partial charge in [-0.1, -0.05) is 30.3 Å². The van der Waals surface area contributed by atoms with E-state index in [0.29, 0.717) is 17.8 Å². The summed E-state index contributed by atoms with van der Waals surface area (Å²) in [5, 5.41) is 24.2. The summed E-state index contributed by atoms with van der Waals surface area (Å²) >= 11 is 0. The van der Waals surface area contributed by atoms with Gasteiger partial charge in [0.15, 0.2) is 0 Å². The highest BCUT2D eigenvalue weighted by molar-refractivity contribution is 5.93. The molecule has 0 bridgehead atoms. The monoisotopic (exact) mass is 304 g/mol. The zero-order valence-corrected chi connectivity index (χ0v) is 12.1. The van der Waals surface area contributed by atoms with Crippen molar-refractivity contribution >= 4 is 22.3 Å². The standard InChI is InChI=1S/C17H12N4O2/c18-9-13-11-19-16-7-2-1-6-15(16)17(13)20-10-12-4-3-5-14(8-12)21(22)23/h1-8,11H,10H2,(H,19,20). The molecule has 0 aliphatic carbocycles. The third-order valence-corrected chi connectivity index (χ3v) is 3.49. The molecule has 1 N–H and O–H groups in total. The Morgan fingerprint density at radius 2 is 2.04 bits per heavy atom. The van der Waals surface area contributed by atoms with Crippen molar-refractivity contribution in [2.24, 2.45) is 0 Å². The molecule has 2 aromatic carbocycles. The second kappa shape index (κ2) is 6.12. The van der Waals surface area contributed by atoms with Crippen molar-refractivity contribution < 1.29 is 4.92 Å². The van der Waals surface area contributed by atoms with Crippen LogP contribution in [0.25, 0.3) is 10.9 Å². The normalized spacial score (nSPS) is 10.2. The Hall–Kier alpha value is -3.46. The Bertz CT molecular complexity index is 931. The summed E-state index contributed by atoms with van der Waals surface area (Å²) in [5.41, 5.74) is 2.72. The van der Waals surface area contributed by atoms with E-state index >= 15 is 0 Å². The van der Waals surface area contributed by atoms with Crippen LogP contribution in [0.1, 0.15) is 11.1 Å². The Balaban J connectivity index is 1.94. The Morgan fingerprint density at radius 3 is 2.83 bits per heavy atom. The topological polar surface area (TPSA) is 91.8 Å². The van der Waals surface area contributed by atoms with Crippen LogP contribution in [-0.2, 0) is 6.54 Å². The number of non-ortho nitro benzene ring substituents is 1. The van der Waals surface area contributed by atoms with Crippen molar-refractivity contribution in [1.82, 2.24) is 4.98 Å². The fraction of sp³-hybridized carbons (Fsp3) is 0.0588. The summed E-state index contributed by atoms with van der Waals surface area (Å²) in [6.07, 6.45) is 1.53. The summed E-state index contributed by atoms with van der Waals surface area (Å²) in [6.45, 7) is 0.379. The number of hydrogen-bond donors (Lipinski definition) is 1. The molecule has 0 saturated heterocycles. The number of anilines is 1. The van der Waals surface area contributed by atoms with E-state index in [4.69, 9.17) is 0 Å². The Labute approximate surface area is 132 Å². The van der Waals surface area contributed by atoms with Gasteiger partial charge in [0, 0.05) is 30.3 Å². The number of nitrogens with one attached hydrogen (secondary N) is 1. The maximum atomic E-state index is 10.8. The maximum Gasteiger partial charge on any atom is 0.269 e. The van der Waals surface area contributed by atoms with E-state index in [1.807, 2.05) is 24.3 Å². The van der Waals surface area contributed by atoms with Crippen molar-refractivity contribution in [2.45, 2.75) is 6.54 Å². The summed E-state index contributed by atoms with van der Waals surface area (Å²) in [4.78, 5) is 14.7. The molecule has 0 fully saturated rings. The third-order valence-electron chi connectivity index (χ3n) is 3.49. The number of hydrogen-bond acceptors (Lipinski definition) is 5. The molecule has 0 radical (unpaired) electrons. The van der Waals surface area contributed by atoms with Gasteiger partial charge in [-0.05, 0) is 11.6 Å². The van der Waals surface area contributed by atoms with E-state index < -0.39 is 4.92 Å². The van der Waals surface area contributed by atoms with Gasteiger partial charge in [0.2, 0.25) is 0 Å². The molecule has 0 unspecified atom stereocenters. The SMILES string of the molecule is N#Cc1cnc2ccccc2c1NCc1cccc([N+](=O)[O-])c1. The summed E-state index contributed by atoms with van der Waals surface area (Å²) in [7, 11) is 0. The number of para-hydroxylation sites is 1. The number of benzene rings is 2. The molecule has 112 valence electrons. The van der Waals surface area contributed by atoms with Crippen molar-refractivity contribution in [3.05, 3.63) is 76.0 Å². The van der Waals surface area contributed by atoms with Crippen molar-refractivity contribution in [3.8, 4) is 6.07 Å². The van der Waals surface area contributed by atoms with Gasteiger partial charge in [-0.3, -0.25) is 15.1 Å². The smallest absolute Gasteiger partial charge is 0.269 e. The van der Waals surface area contributed by atoms with Gasteiger partial charge < -0.3 is 5.32 Å². The average molecular weight is 304 g/mol. The fourth-order valence-electron chi connectivity index (χ4n) is 2.39. The predicted octanol–water partition coefficient (Wildman–Crippen LogP) is 3.63. The minimum atomic E-state index is -0.425. The highest BCUT2D eigenvalue weighted by atomic mass is 16.6. The van der Waals surface area contributed by atoms with E-state index in [9.17, 15) is 15.4 Å². The number of nitro benzene ring substituents is 1. The maximum absolute atomic E-state index is 10.8. The minimum absolute atomic E-state index is 0.0457. The molecule has 6 heteroatoms. The number of nitro groups is 1. The quantitative estimate of drug-likeness (QED) is 0.587. The molecule has 1 aromatic heterocycles. The number of pyridine rings is 1. The number of aromatic nitrogens is 1. The van der Waals surface area contributed by atoms with E-state index in [-0.39, 0.29) is 5.69 Å². The second-order valence-electron chi connectivity index (χ2n) is 4.96. The molecule has 0 aliphatic heterocycles. The number of fused-ring (bicyclic) bond motifs is 1. The minimum Gasteiger partial charge on any atom is -0.379 e. The van der Waals surface area contributed by atoms with Crippen LogP contribution in [0, 0.1) is 21.4 Å². The van der Waals surface area contributed by atoms with E-state index in [2.05, 4.69) is 16.4 Å². The van der Waals surface area contributed by atoms with Crippen LogP contribution in [0.3, 0.4) is 0 Å². The molecule has 0 saturated carbocycles. The van der Waals surface area contributed by atoms with E-state index in [0.717, 1.165) is 16.5 Å². The fourth-order valence-corrected chi connectivity index (χ4v) is 2.39. The number of rotatable bonds is 4. The number of nitriles is 1. The van der Waals surface area contributed by atoms with Gasteiger partial charge >= 0.3 is 0 Å². The summed E-state index contributed by atoms with van der Waals surface area (Å²) < 4.78 is 0. The first-order valence-electron chi connectivity index (χ1n) is 6.94. The first-order valence-corrected chi connectivity index (χ1v) is 6.94. The van der Waals surface area contributed by atoms with Crippen LogP contribution < -0.4 is 5.32 Å². The van der Waals surface area contributed by atoms with Crippen LogP contribution >= 0.6 is 0 Å². The van der Waals surface area contributed by atoms with Crippen molar-refractivity contribution in [1.29, 1.82) is 5.26 Å². The molecule has 0 amide bonds. The molecule has 6 nitrogen and oxygen atoms in total. The van der Waals surface area contributed by atoms with Gasteiger partial charge in [-0.2, -0.15) is 5.26 Å². The molecular formula is C17H12N4O2. The van der Waals surface area contributed by atoms with Crippen molar-refractivity contribution in [3.63, 3.8) is 0 Å². The molecule has 3 aromatic rings. The van der Waals surface area contributed by atoms with E-state index in [1.165, 1.54) is 18.3 Å². The first kappa shape index (κ1) is 14.5. The summed E-state index contributed by atoms with van der Waals surface area (Å²) in [6, 6.07) is 16.0. The molecule has 23 heavy (non-hydrogen) atoms. The molecule has 0 aliphatic rings. The van der Waals surface area contributed by atoms with Gasteiger partial charge in [0.05, 0.1) is 21.7 Å². The molecule has 0 spiro atoms. The molecular weight excluding hydrogens is 292 g/mol. The highest BCUT2D eigenvalue weighted by Gasteiger charge is 2.10. The highest BCUT2D eigenvalue weighted by Crippen LogP contribution is 2.26. The lowest BCUT2D eigenvalue weighted by molar-refractivity contribution is -0.384. The molecule has 1 heterocycles. The van der Waals surface area contributed by atoms with E-state index in [1.54, 1.807) is 12.1 Å².